The van der Waals surface area contributed by atoms with Crippen LogP contribution in [0.4, 0.5) is 0 Å². The lowest BCUT2D eigenvalue weighted by atomic mass is 9.80. The standard InChI is InChI=1S/C29H35N7O2/c1-19(2)7-16-26-30-29(23-14-8-20(9-15-23)17-27(37)38)36(33-26)18-21-10-12-22(13-11-21)24-5-3-4-6-25(24)28-31-34-35-32-28/h3-6,10-13,19-20,23H,7-9,14-18H2,1-2H3,(H,37,38)(H,31,32,34,35). The Labute approximate surface area is 222 Å². The Balaban J connectivity index is 1.35. The lowest BCUT2D eigenvalue weighted by Gasteiger charge is -2.27. The lowest BCUT2D eigenvalue weighted by Crippen LogP contribution is -2.19. The highest BCUT2D eigenvalue weighted by Gasteiger charge is 2.28. The van der Waals surface area contributed by atoms with Crippen LogP contribution >= 0.6 is 0 Å². The molecule has 9 heteroatoms. The lowest BCUT2D eigenvalue weighted by molar-refractivity contribution is -0.138. The van der Waals surface area contributed by atoms with Crippen LogP contribution in [-0.2, 0) is 17.8 Å². The van der Waals surface area contributed by atoms with E-state index in [9.17, 15) is 9.90 Å². The molecule has 0 atom stereocenters. The van der Waals surface area contributed by atoms with Crippen molar-refractivity contribution in [3.05, 3.63) is 65.7 Å². The van der Waals surface area contributed by atoms with Gasteiger partial charge in [0.05, 0.1) is 6.54 Å². The van der Waals surface area contributed by atoms with Gasteiger partial charge in [0.25, 0.3) is 0 Å². The maximum atomic E-state index is 11.2. The van der Waals surface area contributed by atoms with Crippen LogP contribution in [0.1, 0.15) is 75.5 Å². The summed E-state index contributed by atoms with van der Waals surface area (Å²) in [7, 11) is 0. The maximum Gasteiger partial charge on any atom is 0.303 e. The fourth-order valence-corrected chi connectivity index (χ4v) is 5.39. The largest absolute Gasteiger partial charge is 0.481 e. The molecule has 4 aromatic rings. The number of hydrogen-bond donors (Lipinski definition) is 2. The number of hydrogen-bond acceptors (Lipinski definition) is 6. The van der Waals surface area contributed by atoms with Crippen molar-refractivity contribution in [1.29, 1.82) is 0 Å². The van der Waals surface area contributed by atoms with Crippen molar-refractivity contribution in [3.8, 4) is 22.5 Å². The maximum absolute atomic E-state index is 11.2. The number of rotatable bonds is 10. The smallest absolute Gasteiger partial charge is 0.303 e. The van der Waals surface area contributed by atoms with Gasteiger partial charge in [-0.1, -0.05) is 62.4 Å². The molecule has 1 aliphatic rings. The normalized spacial score (nSPS) is 17.7. The average Bonchev–Trinajstić information content (AvgIpc) is 3.59. The number of nitrogens with one attached hydrogen (secondary N) is 1. The number of aromatic nitrogens is 7. The molecule has 0 aliphatic heterocycles. The van der Waals surface area contributed by atoms with Crippen molar-refractivity contribution in [2.45, 2.75) is 71.3 Å². The van der Waals surface area contributed by atoms with E-state index in [4.69, 9.17) is 10.1 Å². The molecule has 2 heterocycles. The molecule has 38 heavy (non-hydrogen) atoms. The number of aliphatic carboxylic acids is 1. The van der Waals surface area contributed by atoms with E-state index in [0.29, 0.717) is 24.2 Å². The third-order valence-corrected chi connectivity index (χ3v) is 7.48. The summed E-state index contributed by atoms with van der Waals surface area (Å²) in [5.74, 6) is 3.01. The first-order valence-corrected chi connectivity index (χ1v) is 13.5. The van der Waals surface area contributed by atoms with Crippen LogP contribution in [0.25, 0.3) is 22.5 Å². The van der Waals surface area contributed by atoms with Crippen molar-refractivity contribution in [3.63, 3.8) is 0 Å². The molecule has 9 nitrogen and oxygen atoms in total. The minimum absolute atomic E-state index is 0.265. The van der Waals surface area contributed by atoms with Crippen LogP contribution in [0, 0.1) is 11.8 Å². The van der Waals surface area contributed by atoms with Crippen LogP contribution in [0.5, 0.6) is 0 Å². The van der Waals surface area contributed by atoms with Gasteiger partial charge in [-0.3, -0.25) is 4.79 Å². The summed E-state index contributed by atoms with van der Waals surface area (Å²) in [6.07, 6.45) is 5.99. The quantitative estimate of drug-likeness (QED) is 0.287. The molecular weight excluding hydrogens is 478 g/mol. The van der Waals surface area contributed by atoms with E-state index in [0.717, 1.165) is 72.4 Å². The molecule has 198 valence electrons. The third-order valence-electron chi connectivity index (χ3n) is 7.48. The average molecular weight is 514 g/mol. The molecule has 0 spiro atoms. The molecule has 0 amide bonds. The van der Waals surface area contributed by atoms with Gasteiger partial charge in [-0.15, -0.1) is 10.2 Å². The zero-order valence-electron chi connectivity index (χ0n) is 22.0. The predicted octanol–water partition coefficient (Wildman–Crippen LogP) is 5.51. The molecule has 1 fully saturated rings. The molecular formula is C29H35N7O2. The molecule has 0 bridgehead atoms. The van der Waals surface area contributed by atoms with Crippen molar-refractivity contribution in [2.24, 2.45) is 11.8 Å². The van der Waals surface area contributed by atoms with Crippen molar-refractivity contribution in [2.75, 3.05) is 0 Å². The van der Waals surface area contributed by atoms with Crippen molar-refractivity contribution >= 4 is 5.97 Å². The first kappa shape index (κ1) is 25.8. The number of carbonyl (C=O) groups is 1. The number of benzene rings is 2. The van der Waals surface area contributed by atoms with Crippen LogP contribution < -0.4 is 0 Å². The highest BCUT2D eigenvalue weighted by atomic mass is 16.4. The first-order valence-electron chi connectivity index (χ1n) is 13.5. The Kier molecular flexibility index (Phi) is 7.91. The summed E-state index contributed by atoms with van der Waals surface area (Å²) < 4.78 is 2.08. The van der Waals surface area contributed by atoms with Gasteiger partial charge in [-0.25, -0.2) is 9.67 Å². The molecule has 2 aromatic carbocycles. The van der Waals surface area contributed by atoms with Gasteiger partial charge < -0.3 is 5.11 Å². The predicted molar refractivity (Wildman–Crippen MR) is 144 cm³/mol. The molecule has 2 aromatic heterocycles. The number of aromatic amines is 1. The zero-order valence-corrected chi connectivity index (χ0v) is 22.0. The number of tetrazole rings is 1. The summed E-state index contributed by atoms with van der Waals surface area (Å²) >= 11 is 0. The molecule has 2 N–H and O–H groups in total. The van der Waals surface area contributed by atoms with Crippen LogP contribution in [0.15, 0.2) is 48.5 Å². The second-order valence-electron chi connectivity index (χ2n) is 10.8. The van der Waals surface area contributed by atoms with Gasteiger partial charge in [0.1, 0.15) is 5.82 Å². The molecule has 0 saturated heterocycles. The number of H-pyrrole nitrogens is 1. The van der Waals surface area contributed by atoms with E-state index in [1.165, 1.54) is 0 Å². The Bertz CT molecular complexity index is 1340. The number of aryl methyl sites for hydroxylation is 1. The molecule has 1 saturated carbocycles. The monoisotopic (exact) mass is 513 g/mol. The van der Waals surface area contributed by atoms with Crippen LogP contribution in [0.2, 0.25) is 0 Å². The number of nitrogens with zero attached hydrogens (tertiary/aromatic N) is 6. The fraction of sp³-hybridized carbons (Fsp3) is 0.448. The van der Waals surface area contributed by atoms with E-state index < -0.39 is 5.97 Å². The number of carboxylic acid groups (broad SMARTS) is 1. The Morgan fingerprint density at radius 3 is 2.45 bits per heavy atom. The summed E-state index contributed by atoms with van der Waals surface area (Å²) in [5.41, 5.74) is 4.23. The van der Waals surface area contributed by atoms with Gasteiger partial charge in [-0.2, -0.15) is 10.3 Å². The topological polar surface area (TPSA) is 122 Å². The van der Waals surface area contributed by atoms with Gasteiger partial charge >= 0.3 is 5.97 Å². The van der Waals surface area contributed by atoms with E-state index >= 15 is 0 Å². The van der Waals surface area contributed by atoms with Crippen LogP contribution in [0.3, 0.4) is 0 Å². The van der Waals surface area contributed by atoms with Gasteiger partial charge in [0.15, 0.2) is 5.82 Å². The van der Waals surface area contributed by atoms with Gasteiger partial charge in [0, 0.05) is 24.3 Å². The minimum atomic E-state index is -0.698. The Hall–Kier alpha value is -3.88. The van der Waals surface area contributed by atoms with Crippen molar-refractivity contribution in [1.82, 2.24) is 35.4 Å². The molecule has 0 radical (unpaired) electrons. The highest BCUT2D eigenvalue weighted by Crippen LogP contribution is 2.37. The van der Waals surface area contributed by atoms with E-state index in [1.54, 1.807) is 0 Å². The highest BCUT2D eigenvalue weighted by molar-refractivity contribution is 5.80. The number of carboxylic acids is 1. The summed E-state index contributed by atoms with van der Waals surface area (Å²) in [6, 6.07) is 16.6. The van der Waals surface area contributed by atoms with Gasteiger partial charge in [-0.05, 0) is 65.8 Å². The first-order chi connectivity index (χ1) is 18.5. The Morgan fingerprint density at radius 2 is 1.79 bits per heavy atom. The van der Waals surface area contributed by atoms with Crippen LogP contribution in [-0.4, -0.2) is 46.5 Å². The second-order valence-corrected chi connectivity index (χ2v) is 10.8. The summed E-state index contributed by atoms with van der Waals surface area (Å²) in [4.78, 5) is 16.2. The molecule has 5 rings (SSSR count). The van der Waals surface area contributed by atoms with Gasteiger partial charge in [0.2, 0.25) is 5.82 Å². The zero-order chi connectivity index (χ0) is 26.5. The van der Waals surface area contributed by atoms with E-state index in [-0.39, 0.29) is 12.3 Å². The third kappa shape index (κ3) is 6.15. The fourth-order valence-electron chi connectivity index (χ4n) is 5.39. The summed E-state index contributed by atoms with van der Waals surface area (Å²) in [6.45, 7) is 5.10. The molecule has 1 aliphatic carbocycles. The SMILES string of the molecule is CC(C)CCc1nc(C2CCC(CC(=O)O)CC2)n(Cc2ccc(-c3ccccc3-c3nn[nH]n3)cc2)n1. The van der Waals surface area contributed by atoms with Crippen molar-refractivity contribution < 1.29 is 9.90 Å². The van der Waals surface area contributed by atoms with E-state index in [2.05, 4.69) is 69.5 Å². The second kappa shape index (κ2) is 11.7. The molecule has 0 unspecified atom stereocenters. The minimum Gasteiger partial charge on any atom is -0.481 e. The Morgan fingerprint density at radius 1 is 1.05 bits per heavy atom. The summed E-state index contributed by atoms with van der Waals surface area (Å²) in [5, 5.41) is 28.7. The van der Waals surface area contributed by atoms with E-state index in [1.807, 2.05) is 18.2 Å².